The van der Waals surface area contributed by atoms with E-state index in [0.717, 1.165) is 0 Å². The summed E-state index contributed by atoms with van der Waals surface area (Å²) in [5.74, 6) is -0.357. The van der Waals surface area contributed by atoms with Gasteiger partial charge >= 0.3 is 12.1 Å². The van der Waals surface area contributed by atoms with Gasteiger partial charge in [-0.2, -0.15) is 8.78 Å². The van der Waals surface area contributed by atoms with E-state index in [9.17, 15) is 13.6 Å². The molecule has 5 nitrogen and oxygen atoms in total. The average molecular weight is 426 g/mol. The molecule has 0 spiro atoms. The number of nitrogens with zero attached hydrogens (tertiary/aromatic N) is 1. The second-order valence-corrected chi connectivity index (χ2v) is 6.12. The Kier molecular flexibility index (Phi) is 4.95. The van der Waals surface area contributed by atoms with E-state index in [1.807, 2.05) is 0 Å². The fourth-order valence-corrected chi connectivity index (χ4v) is 3.01. The Bertz CT molecular complexity index is 971. The summed E-state index contributed by atoms with van der Waals surface area (Å²) in [6.07, 6.45) is -2.24. The molecule has 2 aromatic heterocycles. The highest BCUT2D eigenvalue weighted by molar-refractivity contribution is 9.10. The van der Waals surface area contributed by atoms with Crippen LogP contribution in [0.25, 0.3) is 11.0 Å². The van der Waals surface area contributed by atoms with Crippen molar-refractivity contribution in [2.24, 2.45) is 0 Å². The van der Waals surface area contributed by atoms with Gasteiger partial charge in [0.15, 0.2) is 0 Å². The molecule has 0 fully saturated rings. The van der Waals surface area contributed by atoms with Crippen LogP contribution < -0.4 is 4.74 Å². The molecule has 0 radical (unpaired) electrons. The number of ether oxygens (including phenoxy) is 2. The maximum Gasteiger partial charge on any atom is 0.429 e. The number of esters is 1. The van der Waals surface area contributed by atoms with Crippen molar-refractivity contribution in [2.75, 3.05) is 6.61 Å². The molecule has 0 saturated carbocycles. The van der Waals surface area contributed by atoms with Crippen molar-refractivity contribution in [1.82, 2.24) is 4.98 Å². The number of hydrogen-bond donors (Lipinski definition) is 0. The molecule has 3 aromatic rings. The van der Waals surface area contributed by atoms with E-state index < -0.39 is 17.6 Å². The molecule has 0 unspecified atom stereocenters. The Labute approximate surface area is 156 Å². The summed E-state index contributed by atoms with van der Waals surface area (Å²) >= 11 is 2.99. The molecular formula is C18H14BrF2NO4. The number of halogens is 3. The predicted molar refractivity (Wildman–Crippen MR) is 93.4 cm³/mol. The number of alkyl halides is 2. The number of rotatable bonds is 5. The smallest absolute Gasteiger partial charge is 0.429 e. The first-order chi connectivity index (χ1) is 12.3. The monoisotopic (exact) mass is 425 g/mol. The molecule has 0 aliphatic carbocycles. The normalized spacial score (nSPS) is 11.6. The second-order valence-electron chi connectivity index (χ2n) is 5.37. The van der Waals surface area contributed by atoms with E-state index in [-0.39, 0.29) is 22.5 Å². The molecular weight excluding hydrogens is 412 g/mol. The fraction of sp³-hybridized carbons (Fsp3) is 0.222. The number of hydrogen-bond acceptors (Lipinski definition) is 5. The minimum atomic E-state index is -3.62. The second kappa shape index (κ2) is 7.03. The molecule has 0 atom stereocenters. The zero-order valence-corrected chi connectivity index (χ0v) is 15.5. The lowest BCUT2D eigenvalue weighted by Crippen LogP contribution is -2.22. The van der Waals surface area contributed by atoms with Gasteiger partial charge in [-0.1, -0.05) is 0 Å². The van der Waals surface area contributed by atoms with Gasteiger partial charge in [0.1, 0.15) is 27.3 Å². The highest BCUT2D eigenvalue weighted by Crippen LogP contribution is 2.37. The summed E-state index contributed by atoms with van der Waals surface area (Å²) in [4.78, 5) is 15.9. The maximum atomic E-state index is 14.5. The van der Waals surface area contributed by atoms with Crippen LogP contribution in [-0.2, 0) is 10.8 Å². The van der Waals surface area contributed by atoms with Crippen molar-refractivity contribution in [3.05, 3.63) is 58.0 Å². The molecule has 8 heteroatoms. The third-order valence-corrected chi connectivity index (χ3v) is 4.27. The summed E-state index contributed by atoms with van der Waals surface area (Å²) < 4.78 is 44.3. The Hall–Kier alpha value is -2.48. The number of benzene rings is 1. The van der Waals surface area contributed by atoms with E-state index >= 15 is 0 Å². The van der Waals surface area contributed by atoms with E-state index in [0.29, 0.717) is 16.7 Å². The van der Waals surface area contributed by atoms with Gasteiger partial charge in [-0.05, 0) is 60.1 Å². The van der Waals surface area contributed by atoms with Crippen LogP contribution >= 0.6 is 15.9 Å². The topological polar surface area (TPSA) is 61.6 Å². The van der Waals surface area contributed by atoms with Crippen LogP contribution in [0.1, 0.15) is 28.6 Å². The zero-order valence-electron chi connectivity index (χ0n) is 13.9. The number of aromatic nitrogens is 1. The minimum Gasteiger partial charge on any atom is -0.462 e. The number of aryl methyl sites for hydroxylation is 1. The highest BCUT2D eigenvalue weighted by Gasteiger charge is 2.37. The van der Waals surface area contributed by atoms with Crippen LogP contribution in [-0.4, -0.2) is 17.6 Å². The van der Waals surface area contributed by atoms with Gasteiger partial charge in [-0.25, -0.2) is 9.78 Å². The van der Waals surface area contributed by atoms with Gasteiger partial charge in [-0.3, -0.25) is 0 Å². The standard InChI is InChI=1S/C18H14BrF2NO4/c1-3-24-17(23)15-10(2)25-14-7-6-11(9-12(14)15)26-18(20,21)13-5-4-8-22-16(13)19/h4-9H,3H2,1-2H3. The summed E-state index contributed by atoms with van der Waals surface area (Å²) in [6, 6.07) is 6.74. The fourth-order valence-electron chi connectivity index (χ4n) is 2.53. The van der Waals surface area contributed by atoms with Crippen molar-refractivity contribution < 1.29 is 27.5 Å². The van der Waals surface area contributed by atoms with Gasteiger partial charge in [-0.15, -0.1) is 0 Å². The lowest BCUT2D eigenvalue weighted by molar-refractivity contribution is -0.186. The van der Waals surface area contributed by atoms with E-state index in [1.165, 1.54) is 36.5 Å². The SMILES string of the molecule is CCOC(=O)c1c(C)oc2ccc(OC(F)(F)c3cccnc3Br)cc12. The molecule has 0 aliphatic heterocycles. The maximum absolute atomic E-state index is 14.5. The third-order valence-electron chi connectivity index (χ3n) is 3.63. The van der Waals surface area contributed by atoms with Crippen LogP contribution in [0, 0.1) is 6.92 Å². The average Bonchev–Trinajstić information content (AvgIpc) is 2.90. The number of carbonyl (C=O) groups is 1. The van der Waals surface area contributed by atoms with Crippen molar-refractivity contribution in [3.63, 3.8) is 0 Å². The highest BCUT2D eigenvalue weighted by atomic mass is 79.9. The van der Waals surface area contributed by atoms with Crippen LogP contribution in [0.3, 0.4) is 0 Å². The van der Waals surface area contributed by atoms with E-state index in [4.69, 9.17) is 13.9 Å². The predicted octanol–water partition coefficient (Wildman–Crippen LogP) is 5.20. The first-order valence-corrected chi connectivity index (χ1v) is 8.51. The Morgan fingerprint density at radius 1 is 1.35 bits per heavy atom. The van der Waals surface area contributed by atoms with Crippen molar-refractivity contribution in [2.45, 2.75) is 20.0 Å². The number of carbonyl (C=O) groups excluding carboxylic acids is 1. The zero-order chi connectivity index (χ0) is 18.9. The molecule has 136 valence electrons. The first kappa shape index (κ1) is 18.3. The van der Waals surface area contributed by atoms with Crippen molar-refractivity contribution >= 4 is 32.9 Å². The summed E-state index contributed by atoms with van der Waals surface area (Å²) in [6.45, 7) is 3.47. The molecule has 0 N–H and O–H groups in total. The lowest BCUT2D eigenvalue weighted by atomic mass is 10.1. The first-order valence-electron chi connectivity index (χ1n) is 7.71. The molecule has 2 heterocycles. The van der Waals surface area contributed by atoms with Gasteiger partial charge in [0, 0.05) is 11.6 Å². The van der Waals surface area contributed by atoms with Crippen LogP contribution in [0.15, 0.2) is 45.5 Å². The summed E-state index contributed by atoms with van der Waals surface area (Å²) in [5, 5.41) is 0.347. The minimum absolute atomic E-state index is 0.0163. The van der Waals surface area contributed by atoms with Gasteiger partial charge in [0.05, 0.1) is 12.2 Å². The summed E-state index contributed by atoms with van der Waals surface area (Å²) in [7, 11) is 0. The molecule has 3 rings (SSSR count). The number of fused-ring (bicyclic) bond motifs is 1. The molecule has 0 amide bonds. The quantitative estimate of drug-likeness (QED) is 0.415. The molecule has 0 aliphatic rings. The molecule has 0 bridgehead atoms. The van der Waals surface area contributed by atoms with Crippen molar-refractivity contribution in [3.8, 4) is 5.75 Å². The largest absolute Gasteiger partial charge is 0.462 e. The van der Waals surface area contributed by atoms with Crippen LogP contribution in [0.2, 0.25) is 0 Å². The summed E-state index contributed by atoms with van der Waals surface area (Å²) in [5.41, 5.74) is 0.163. The molecule has 26 heavy (non-hydrogen) atoms. The van der Waals surface area contributed by atoms with Crippen molar-refractivity contribution in [1.29, 1.82) is 0 Å². The van der Waals surface area contributed by atoms with Gasteiger partial charge in [0.2, 0.25) is 0 Å². The van der Waals surface area contributed by atoms with E-state index in [2.05, 4.69) is 20.9 Å². The number of pyridine rings is 1. The number of furan rings is 1. The lowest BCUT2D eigenvalue weighted by Gasteiger charge is -2.18. The molecule has 1 aromatic carbocycles. The van der Waals surface area contributed by atoms with Crippen LogP contribution in [0.4, 0.5) is 8.78 Å². The Morgan fingerprint density at radius 2 is 2.12 bits per heavy atom. The van der Waals surface area contributed by atoms with Gasteiger partial charge < -0.3 is 13.9 Å². The Morgan fingerprint density at radius 3 is 2.81 bits per heavy atom. The Balaban J connectivity index is 2.00. The van der Waals surface area contributed by atoms with Crippen LogP contribution in [0.5, 0.6) is 5.75 Å². The molecule has 0 saturated heterocycles. The van der Waals surface area contributed by atoms with Gasteiger partial charge in [0.25, 0.3) is 0 Å². The van der Waals surface area contributed by atoms with E-state index in [1.54, 1.807) is 13.8 Å². The third kappa shape index (κ3) is 3.41.